The number of aliphatic imine (C=N–C) groups is 1. The van der Waals surface area contributed by atoms with E-state index < -0.39 is 0 Å². The number of guanidine groups is 1. The maximum absolute atomic E-state index is 14.1. The summed E-state index contributed by atoms with van der Waals surface area (Å²) in [6, 6.07) is 14.6. The maximum atomic E-state index is 14.1. The third kappa shape index (κ3) is 5.13. The van der Waals surface area contributed by atoms with E-state index in [4.69, 9.17) is 10.00 Å². The Kier molecular flexibility index (Phi) is 8.05. The lowest BCUT2D eigenvalue weighted by atomic mass is 9.98. The Morgan fingerprint density at radius 1 is 1.32 bits per heavy atom. The molecule has 28 heavy (non-hydrogen) atoms. The SMILES string of the molecule is CN=C(NCc1ccc(C#N)cc1F)N1CCC(c2ccc(OC)cc2)C1.I. The largest absolute Gasteiger partial charge is 0.497 e. The molecule has 0 amide bonds. The summed E-state index contributed by atoms with van der Waals surface area (Å²) in [5.41, 5.74) is 2.12. The van der Waals surface area contributed by atoms with Crippen LogP contribution in [0.15, 0.2) is 47.5 Å². The van der Waals surface area contributed by atoms with E-state index in [0.29, 0.717) is 23.6 Å². The highest BCUT2D eigenvalue weighted by Gasteiger charge is 2.26. The van der Waals surface area contributed by atoms with Gasteiger partial charge in [-0.1, -0.05) is 18.2 Å². The molecular weight excluding hydrogens is 470 g/mol. The molecule has 0 aromatic heterocycles. The van der Waals surface area contributed by atoms with Gasteiger partial charge in [0.15, 0.2) is 5.96 Å². The van der Waals surface area contributed by atoms with E-state index in [-0.39, 0.29) is 29.8 Å². The smallest absolute Gasteiger partial charge is 0.193 e. The molecule has 1 unspecified atom stereocenters. The van der Waals surface area contributed by atoms with Crippen molar-refractivity contribution in [2.24, 2.45) is 4.99 Å². The van der Waals surface area contributed by atoms with Crippen LogP contribution in [0.5, 0.6) is 5.75 Å². The van der Waals surface area contributed by atoms with Gasteiger partial charge in [-0.25, -0.2) is 4.39 Å². The standard InChI is InChI=1S/C21H23FN4O.HI/c1-24-21(25-13-17-4-3-15(12-23)11-20(17)22)26-10-9-18(14-26)16-5-7-19(27-2)8-6-16;/h3-8,11,18H,9-10,13-14H2,1-2H3,(H,24,25);1H. The number of halogens is 2. The number of rotatable bonds is 4. The maximum Gasteiger partial charge on any atom is 0.193 e. The second-order valence-corrected chi connectivity index (χ2v) is 6.52. The Morgan fingerprint density at radius 2 is 2.07 bits per heavy atom. The Morgan fingerprint density at radius 3 is 2.68 bits per heavy atom. The lowest BCUT2D eigenvalue weighted by Gasteiger charge is -2.22. The van der Waals surface area contributed by atoms with Crippen molar-refractivity contribution in [1.29, 1.82) is 5.26 Å². The first-order valence-electron chi connectivity index (χ1n) is 8.92. The number of nitrogens with one attached hydrogen (secondary N) is 1. The Balaban J connectivity index is 0.00000280. The fourth-order valence-electron chi connectivity index (χ4n) is 3.37. The average Bonchev–Trinajstić information content (AvgIpc) is 3.19. The summed E-state index contributed by atoms with van der Waals surface area (Å²) in [6.07, 6.45) is 1.04. The molecule has 5 nitrogen and oxygen atoms in total. The molecule has 3 rings (SSSR count). The third-order valence-corrected chi connectivity index (χ3v) is 4.91. The number of benzene rings is 2. The average molecular weight is 494 g/mol. The minimum atomic E-state index is -0.380. The van der Waals surface area contributed by atoms with Crippen molar-refractivity contribution < 1.29 is 9.13 Å². The highest BCUT2D eigenvalue weighted by Crippen LogP contribution is 2.28. The molecule has 7 heteroatoms. The third-order valence-electron chi connectivity index (χ3n) is 4.91. The van der Waals surface area contributed by atoms with Crippen molar-refractivity contribution in [3.05, 3.63) is 65.0 Å². The van der Waals surface area contributed by atoms with Gasteiger partial charge in [0.05, 0.1) is 18.7 Å². The lowest BCUT2D eigenvalue weighted by molar-refractivity contribution is 0.414. The molecule has 0 saturated carbocycles. The Hall–Kier alpha value is -2.34. The van der Waals surface area contributed by atoms with Gasteiger partial charge in [0.1, 0.15) is 11.6 Å². The minimum absolute atomic E-state index is 0. The molecule has 0 aliphatic carbocycles. The Labute approximate surface area is 182 Å². The zero-order valence-electron chi connectivity index (χ0n) is 16.0. The normalized spacial score (nSPS) is 16.3. The van der Waals surface area contributed by atoms with Crippen molar-refractivity contribution in [3.63, 3.8) is 0 Å². The van der Waals surface area contributed by atoms with Crippen LogP contribution >= 0.6 is 24.0 Å². The number of ether oxygens (including phenoxy) is 1. The molecule has 0 radical (unpaired) electrons. The quantitative estimate of drug-likeness (QED) is 0.398. The second-order valence-electron chi connectivity index (χ2n) is 6.52. The number of methoxy groups -OCH3 is 1. The second kappa shape index (κ2) is 10.3. The van der Waals surface area contributed by atoms with E-state index in [1.807, 2.05) is 18.2 Å². The topological polar surface area (TPSA) is 60.7 Å². The molecule has 1 aliphatic heterocycles. The van der Waals surface area contributed by atoms with Gasteiger partial charge in [-0.05, 0) is 36.2 Å². The van der Waals surface area contributed by atoms with Crippen LogP contribution in [0.1, 0.15) is 29.0 Å². The number of likely N-dealkylation sites (tertiary alicyclic amines) is 1. The van der Waals surface area contributed by atoms with Gasteiger partial charge >= 0.3 is 0 Å². The van der Waals surface area contributed by atoms with Crippen LogP contribution in [0, 0.1) is 17.1 Å². The van der Waals surface area contributed by atoms with E-state index in [2.05, 4.69) is 27.3 Å². The number of nitrogens with zero attached hydrogens (tertiary/aromatic N) is 3. The predicted molar refractivity (Wildman–Crippen MR) is 119 cm³/mol. The summed E-state index contributed by atoms with van der Waals surface area (Å²) in [6.45, 7) is 2.09. The first-order valence-corrected chi connectivity index (χ1v) is 8.92. The molecule has 1 aliphatic rings. The summed E-state index contributed by atoms with van der Waals surface area (Å²) in [4.78, 5) is 6.53. The van der Waals surface area contributed by atoms with Crippen molar-refractivity contribution in [2.45, 2.75) is 18.9 Å². The van der Waals surface area contributed by atoms with Crippen LogP contribution in [0.3, 0.4) is 0 Å². The lowest BCUT2D eigenvalue weighted by Crippen LogP contribution is -2.39. The van der Waals surface area contributed by atoms with Gasteiger partial charge in [-0.3, -0.25) is 4.99 Å². The summed E-state index contributed by atoms with van der Waals surface area (Å²) >= 11 is 0. The fourth-order valence-corrected chi connectivity index (χ4v) is 3.37. The molecule has 2 aromatic carbocycles. The summed E-state index contributed by atoms with van der Waals surface area (Å²) in [5, 5.41) is 12.1. The van der Waals surface area contributed by atoms with E-state index in [0.717, 1.165) is 31.2 Å². The Bertz CT molecular complexity index is 864. The van der Waals surface area contributed by atoms with Crippen LogP contribution in [0.4, 0.5) is 4.39 Å². The van der Waals surface area contributed by atoms with Crippen LogP contribution in [0.2, 0.25) is 0 Å². The fraction of sp³-hybridized carbons (Fsp3) is 0.333. The van der Waals surface area contributed by atoms with Gasteiger partial charge in [-0.15, -0.1) is 24.0 Å². The molecule has 2 aromatic rings. The molecule has 1 fully saturated rings. The van der Waals surface area contributed by atoms with Crippen LogP contribution in [-0.2, 0) is 6.54 Å². The highest BCUT2D eigenvalue weighted by molar-refractivity contribution is 14.0. The van der Waals surface area contributed by atoms with Crippen LogP contribution < -0.4 is 10.1 Å². The van der Waals surface area contributed by atoms with Gasteiger partial charge in [0.2, 0.25) is 0 Å². The zero-order valence-corrected chi connectivity index (χ0v) is 18.3. The van der Waals surface area contributed by atoms with Gasteiger partial charge < -0.3 is 15.0 Å². The summed E-state index contributed by atoms with van der Waals surface area (Å²) in [7, 11) is 3.40. The monoisotopic (exact) mass is 494 g/mol. The highest BCUT2D eigenvalue weighted by atomic mass is 127. The van der Waals surface area contributed by atoms with E-state index in [1.165, 1.54) is 11.6 Å². The van der Waals surface area contributed by atoms with E-state index in [9.17, 15) is 4.39 Å². The molecule has 148 valence electrons. The number of nitriles is 1. The molecule has 1 atom stereocenters. The van der Waals surface area contributed by atoms with Gasteiger partial charge in [0, 0.05) is 38.2 Å². The first-order chi connectivity index (χ1) is 13.1. The van der Waals surface area contributed by atoms with Gasteiger partial charge in [-0.2, -0.15) is 5.26 Å². The summed E-state index contributed by atoms with van der Waals surface area (Å²) < 4.78 is 19.3. The van der Waals surface area contributed by atoms with Crippen molar-refractivity contribution in [2.75, 3.05) is 27.2 Å². The van der Waals surface area contributed by atoms with Crippen molar-refractivity contribution >= 4 is 29.9 Å². The molecule has 1 heterocycles. The van der Waals surface area contributed by atoms with Crippen LogP contribution in [0.25, 0.3) is 0 Å². The van der Waals surface area contributed by atoms with Gasteiger partial charge in [0.25, 0.3) is 0 Å². The molecule has 0 bridgehead atoms. The molecule has 1 saturated heterocycles. The zero-order chi connectivity index (χ0) is 19.2. The van der Waals surface area contributed by atoms with Crippen molar-refractivity contribution in [3.8, 4) is 11.8 Å². The molecule has 0 spiro atoms. The molecular formula is C21H24FIN4O. The molecule has 1 N–H and O–H groups in total. The van der Waals surface area contributed by atoms with Crippen molar-refractivity contribution in [1.82, 2.24) is 10.2 Å². The predicted octanol–water partition coefficient (Wildman–Crippen LogP) is 3.89. The van der Waals surface area contributed by atoms with E-state index >= 15 is 0 Å². The van der Waals surface area contributed by atoms with E-state index in [1.54, 1.807) is 26.3 Å². The first kappa shape index (κ1) is 22.0. The number of hydrogen-bond acceptors (Lipinski definition) is 3. The van der Waals surface area contributed by atoms with Crippen LogP contribution in [-0.4, -0.2) is 38.1 Å². The minimum Gasteiger partial charge on any atom is -0.497 e. The summed E-state index contributed by atoms with van der Waals surface area (Å²) in [5.74, 6) is 1.67. The number of hydrogen-bond donors (Lipinski definition) is 1.